The second-order valence-corrected chi connectivity index (χ2v) is 13.5. The predicted octanol–water partition coefficient (Wildman–Crippen LogP) is 2.42. The maximum Gasteiger partial charge on any atom is 0.327 e. The molecule has 0 unspecified atom stereocenters. The maximum atomic E-state index is 12.9. The Labute approximate surface area is 187 Å². The van der Waals surface area contributed by atoms with E-state index in [-0.39, 0.29) is 16.9 Å². The molecule has 0 aliphatic carbocycles. The Morgan fingerprint density at radius 1 is 1.17 bits per heavy atom. The molecule has 3 aliphatic heterocycles. The molecule has 8 nitrogen and oxygen atoms in total. The summed E-state index contributed by atoms with van der Waals surface area (Å²) in [5, 5.41) is -0.649. The van der Waals surface area contributed by atoms with E-state index in [1.54, 1.807) is 12.1 Å². The second kappa shape index (κ2) is 8.37. The molecule has 30 heavy (non-hydrogen) atoms. The second-order valence-electron chi connectivity index (χ2n) is 8.40. The lowest BCUT2D eigenvalue weighted by Crippen LogP contribution is -2.55. The Hall–Kier alpha value is -0.0700. The van der Waals surface area contributed by atoms with Crippen LogP contribution in [-0.4, -0.2) is 58.1 Å². The van der Waals surface area contributed by atoms with Crippen LogP contribution < -0.4 is 0 Å². The van der Waals surface area contributed by atoms with Crippen molar-refractivity contribution in [2.75, 3.05) is 19.8 Å². The fourth-order valence-electron chi connectivity index (χ4n) is 3.26. The molecule has 0 spiro atoms. The van der Waals surface area contributed by atoms with Gasteiger partial charge in [0.1, 0.15) is 0 Å². The third-order valence-corrected chi connectivity index (χ3v) is 9.22. The van der Waals surface area contributed by atoms with E-state index in [2.05, 4.69) is 0 Å². The molecule has 3 fully saturated rings. The van der Waals surface area contributed by atoms with E-state index < -0.39 is 46.7 Å². The minimum atomic E-state index is -4.13. The highest BCUT2D eigenvalue weighted by molar-refractivity contribution is 8.07. The first-order valence-corrected chi connectivity index (χ1v) is 13.9. The highest BCUT2D eigenvalue weighted by Gasteiger charge is 2.51. The van der Waals surface area contributed by atoms with Crippen LogP contribution in [0.5, 0.6) is 0 Å². The van der Waals surface area contributed by atoms with Crippen molar-refractivity contribution in [2.24, 2.45) is 5.41 Å². The highest BCUT2D eigenvalue weighted by atomic mass is 32.5. The van der Waals surface area contributed by atoms with Crippen molar-refractivity contribution in [3.63, 3.8) is 0 Å². The first-order valence-electron chi connectivity index (χ1n) is 9.48. The number of rotatable bonds is 5. The van der Waals surface area contributed by atoms with Gasteiger partial charge >= 0.3 is 6.72 Å². The van der Waals surface area contributed by atoms with Crippen LogP contribution in [0.25, 0.3) is 0 Å². The molecular weight excluding hydrogens is 471 g/mol. The molecule has 0 aromatic heterocycles. The summed E-state index contributed by atoms with van der Waals surface area (Å²) in [6, 6.07) is 6.33. The maximum absolute atomic E-state index is 12.9. The summed E-state index contributed by atoms with van der Waals surface area (Å²) in [6.45, 7) is 3.68. The lowest BCUT2D eigenvalue weighted by Gasteiger charge is -2.46. The average molecular weight is 496 g/mol. The Morgan fingerprint density at radius 2 is 1.80 bits per heavy atom. The third kappa shape index (κ3) is 4.80. The van der Waals surface area contributed by atoms with Crippen LogP contribution in [0.3, 0.4) is 0 Å². The number of fused-ring (bicyclic) bond motifs is 2. The van der Waals surface area contributed by atoms with Gasteiger partial charge in [0, 0.05) is 5.41 Å². The number of hydrogen-bond donors (Lipinski definition) is 0. The molecule has 5 atom stereocenters. The average Bonchev–Trinajstić information content (AvgIpc) is 3.13. The van der Waals surface area contributed by atoms with Gasteiger partial charge in [-0.25, -0.2) is 0 Å². The first kappa shape index (κ1) is 23.1. The van der Waals surface area contributed by atoms with Crippen LogP contribution in [0.2, 0.25) is 0 Å². The van der Waals surface area contributed by atoms with Crippen molar-refractivity contribution in [3.8, 4) is 0 Å². The van der Waals surface area contributed by atoms with Gasteiger partial charge in [0.2, 0.25) is 0 Å². The fraction of sp³-hybridized carbons (Fsp3) is 0.667. The minimum absolute atomic E-state index is 0.0164. The van der Waals surface area contributed by atoms with Crippen LogP contribution in [0, 0.1) is 12.3 Å². The van der Waals surface area contributed by atoms with Crippen molar-refractivity contribution in [3.05, 3.63) is 29.8 Å². The Bertz CT molecular complexity index is 921. The smallest absolute Gasteiger partial charge is 0.327 e. The number of ether oxygens (including phenoxy) is 2. The summed E-state index contributed by atoms with van der Waals surface area (Å²) in [5.74, 6) is 0. The predicted molar refractivity (Wildman–Crippen MR) is 114 cm³/mol. The molecular formula is C18H24O8PS3-. The molecule has 3 heterocycles. The summed E-state index contributed by atoms with van der Waals surface area (Å²) in [7, 11) is -4.13. The van der Waals surface area contributed by atoms with Gasteiger partial charge in [-0.1, -0.05) is 31.5 Å². The molecule has 1 aromatic rings. The van der Waals surface area contributed by atoms with Crippen LogP contribution in [-0.2, 0) is 61.8 Å². The van der Waals surface area contributed by atoms with Gasteiger partial charge in [-0.05, 0) is 30.9 Å². The van der Waals surface area contributed by atoms with Crippen molar-refractivity contribution in [1.29, 1.82) is 0 Å². The molecule has 4 rings (SSSR count). The molecule has 0 saturated carbocycles. The van der Waals surface area contributed by atoms with Gasteiger partial charge in [0.15, 0.2) is 12.4 Å². The summed E-state index contributed by atoms with van der Waals surface area (Å²) in [6.07, 6.45) is -3.42. The highest BCUT2D eigenvalue weighted by Crippen LogP contribution is 2.57. The van der Waals surface area contributed by atoms with E-state index in [0.29, 0.717) is 13.2 Å². The fourth-order valence-corrected chi connectivity index (χ4v) is 7.15. The standard InChI is InChI=1S/C18H25O8PS3/c1-11-4-6-12(7-5-11)30(19,20)26-15-14(16(28)13-8-21-17(15)24-13)25-27(29)22-9-18(2,3)10-23-27/h4-7,13-17,28H,8-10H2,1-3H3/p-1/t13-,14-,15-,16-,17-/m1/s1. The molecule has 12 heteroatoms. The molecule has 0 N–H and O–H groups in total. The summed E-state index contributed by atoms with van der Waals surface area (Å²) in [4.78, 5) is 0.0164. The lowest BCUT2D eigenvalue weighted by atomic mass is 9.97. The lowest BCUT2D eigenvalue weighted by molar-refractivity contribution is -0.176. The third-order valence-electron chi connectivity index (χ3n) is 5.04. The summed E-state index contributed by atoms with van der Waals surface area (Å²) in [5.41, 5.74) is 0.734. The molecule has 2 bridgehead atoms. The van der Waals surface area contributed by atoms with E-state index in [9.17, 15) is 8.42 Å². The van der Waals surface area contributed by atoms with Crippen LogP contribution in [0.4, 0.5) is 0 Å². The minimum Gasteiger partial charge on any atom is -0.784 e. The van der Waals surface area contributed by atoms with Gasteiger partial charge in [-0.15, -0.1) is 5.25 Å². The normalized spacial score (nSPS) is 35.3. The van der Waals surface area contributed by atoms with Crippen molar-refractivity contribution >= 4 is 41.3 Å². The molecule has 0 amide bonds. The number of hydrogen-bond acceptors (Lipinski definition) is 10. The zero-order valence-corrected chi connectivity index (χ0v) is 20.1. The largest absolute Gasteiger partial charge is 0.784 e. The molecule has 3 saturated heterocycles. The van der Waals surface area contributed by atoms with Crippen LogP contribution >= 0.6 is 6.72 Å². The number of benzene rings is 1. The first-order chi connectivity index (χ1) is 14.0. The van der Waals surface area contributed by atoms with Crippen molar-refractivity contribution in [2.45, 2.75) is 55.5 Å². The molecule has 168 valence electrons. The van der Waals surface area contributed by atoms with Crippen molar-refractivity contribution in [1.82, 2.24) is 0 Å². The van der Waals surface area contributed by atoms with Gasteiger partial charge in [0.25, 0.3) is 10.1 Å². The van der Waals surface area contributed by atoms with E-state index in [0.717, 1.165) is 5.56 Å². The van der Waals surface area contributed by atoms with Gasteiger partial charge < -0.3 is 35.7 Å². The van der Waals surface area contributed by atoms with E-state index >= 15 is 0 Å². The Morgan fingerprint density at radius 3 is 2.43 bits per heavy atom. The molecule has 1 aromatic carbocycles. The molecule has 3 aliphatic rings. The van der Waals surface area contributed by atoms with Crippen molar-refractivity contribution < 1.29 is 35.6 Å². The van der Waals surface area contributed by atoms with Gasteiger partial charge in [-0.2, -0.15) is 8.42 Å². The van der Waals surface area contributed by atoms with Crippen LogP contribution in [0.1, 0.15) is 19.4 Å². The van der Waals surface area contributed by atoms with Gasteiger partial charge in [-0.3, -0.25) is 4.18 Å². The van der Waals surface area contributed by atoms with E-state index in [1.807, 2.05) is 20.8 Å². The van der Waals surface area contributed by atoms with Gasteiger partial charge in [0.05, 0.1) is 36.9 Å². The Balaban J connectivity index is 1.58. The van der Waals surface area contributed by atoms with Crippen LogP contribution in [0.15, 0.2) is 29.2 Å². The van der Waals surface area contributed by atoms with E-state index in [1.165, 1.54) is 12.1 Å². The monoisotopic (exact) mass is 495 g/mol. The summed E-state index contributed by atoms with van der Waals surface area (Å²) >= 11 is 11.1. The number of aryl methyl sites for hydroxylation is 1. The zero-order valence-electron chi connectivity index (χ0n) is 16.8. The topological polar surface area (TPSA) is 89.5 Å². The zero-order chi connectivity index (χ0) is 21.7. The molecule has 0 radical (unpaired) electrons. The quantitative estimate of drug-likeness (QED) is 0.345. The Kier molecular flexibility index (Phi) is 6.44. The SMILES string of the molecule is Cc1ccc(S(=O)(=O)O[C@H]2[C@@H]3OC[C@@H](O3)[C@@H]([S-])[C@@H]2OP2(=S)OCC(C)(C)CO2)cc1. The van der Waals surface area contributed by atoms with E-state index in [4.69, 9.17) is 51.7 Å². The summed E-state index contributed by atoms with van der Waals surface area (Å²) < 4.78 is 60.2.